The Morgan fingerprint density at radius 2 is 1.90 bits per heavy atom. The Kier molecular flexibility index (Phi) is 7.02. The summed E-state index contributed by atoms with van der Waals surface area (Å²) in [4.78, 5) is 14.9. The van der Waals surface area contributed by atoms with Crippen molar-refractivity contribution in [3.05, 3.63) is 42.5 Å². The fourth-order valence-corrected chi connectivity index (χ4v) is 2.78. The Labute approximate surface area is 136 Å². The Morgan fingerprint density at radius 1 is 1.24 bits per heavy atom. The summed E-state index contributed by atoms with van der Waals surface area (Å²) in [5.41, 5.74) is 5.58. The molecule has 0 saturated carbocycles. The average molecular weight is 325 g/mol. The van der Waals surface area contributed by atoms with Gasteiger partial charge in [-0.25, -0.2) is 0 Å². The number of fused-ring (bicyclic) bond motifs is 1. The van der Waals surface area contributed by atoms with Crippen LogP contribution in [0.5, 0.6) is 0 Å². The number of carbonyl (C=O) groups excluding carboxylic acids is 1. The van der Waals surface area contributed by atoms with Gasteiger partial charge in [0.15, 0.2) is 0 Å². The van der Waals surface area contributed by atoms with Crippen molar-refractivity contribution < 1.29 is 4.79 Å². The summed E-state index contributed by atoms with van der Waals surface area (Å²) in [6.45, 7) is 2.45. The minimum absolute atomic E-state index is 0. The molecule has 1 unspecified atom stereocenters. The zero-order valence-corrected chi connectivity index (χ0v) is 13.9. The molecular formula is C16H21ClN2OS. The molecule has 2 rings (SSSR count). The van der Waals surface area contributed by atoms with Gasteiger partial charge in [0, 0.05) is 24.5 Å². The van der Waals surface area contributed by atoms with Crippen LogP contribution in [-0.4, -0.2) is 36.2 Å². The monoisotopic (exact) mass is 324 g/mol. The van der Waals surface area contributed by atoms with Gasteiger partial charge in [-0.15, -0.1) is 24.2 Å². The number of likely N-dealkylation sites (N-methyl/N-ethyl adjacent to an activating group) is 1. The molecule has 21 heavy (non-hydrogen) atoms. The van der Waals surface area contributed by atoms with Gasteiger partial charge in [-0.1, -0.05) is 30.3 Å². The second-order valence-corrected chi connectivity index (χ2v) is 5.94. The first kappa shape index (κ1) is 17.8. The SMILES string of the molecule is CC(CN)N(C)C(=O)CSc1ccc2ccccc2c1.Cl. The van der Waals surface area contributed by atoms with Crippen molar-refractivity contribution in [2.45, 2.75) is 17.9 Å². The van der Waals surface area contributed by atoms with Crippen LogP contribution < -0.4 is 5.73 Å². The van der Waals surface area contributed by atoms with Gasteiger partial charge in [0.2, 0.25) is 5.91 Å². The lowest BCUT2D eigenvalue weighted by Gasteiger charge is -2.23. The highest BCUT2D eigenvalue weighted by atomic mass is 35.5. The third kappa shape index (κ3) is 4.63. The van der Waals surface area contributed by atoms with E-state index < -0.39 is 0 Å². The van der Waals surface area contributed by atoms with Gasteiger partial charge < -0.3 is 10.6 Å². The summed E-state index contributed by atoms with van der Waals surface area (Å²) in [5, 5.41) is 2.42. The molecule has 2 N–H and O–H groups in total. The number of carbonyl (C=O) groups is 1. The number of amides is 1. The predicted molar refractivity (Wildman–Crippen MR) is 93.2 cm³/mol. The first-order chi connectivity index (χ1) is 9.61. The molecule has 1 amide bonds. The molecule has 0 spiro atoms. The van der Waals surface area contributed by atoms with Crippen LogP contribution in [0.15, 0.2) is 47.4 Å². The van der Waals surface area contributed by atoms with E-state index in [0.717, 1.165) is 4.90 Å². The molecule has 114 valence electrons. The fourth-order valence-electron chi connectivity index (χ4n) is 1.91. The van der Waals surface area contributed by atoms with Crippen LogP contribution >= 0.6 is 24.2 Å². The van der Waals surface area contributed by atoms with Gasteiger partial charge in [0.05, 0.1) is 5.75 Å². The maximum atomic E-state index is 12.0. The molecule has 2 aromatic carbocycles. The standard InChI is InChI=1S/C16H20N2OS.ClH/c1-12(10-17)18(2)16(19)11-20-15-8-7-13-5-3-4-6-14(13)9-15;/h3-9,12H,10-11,17H2,1-2H3;1H. The third-order valence-corrected chi connectivity index (χ3v) is 4.46. The van der Waals surface area contributed by atoms with E-state index in [9.17, 15) is 4.79 Å². The van der Waals surface area contributed by atoms with E-state index in [2.05, 4.69) is 30.3 Å². The van der Waals surface area contributed by atoms with E-state index in [0.29, 0.717) is 12.3 Å². The highest BCUT2D eigenvalue weighted by molar-refractivity contribution is 8.00. The molecule has 3 nitrogen and oxygen atoms in total. The van der Waals surface area contributed by atoms with Gasteiger partial charge in [-0.3, -0.25) is 4.79 Å². The van der Waals surface area contributed by atoms with Crippen molar-refractivity contribution in [3.8, 4) is 0 Å². The second kappa shape index (κ2) is 8.27. The molecule has 2 aromatic rings. The first-order valence-corrected chi connectivity index (χ1v) is 7.67. The molecule has 0 aromatic heterocycles. The molecule has 5 heteroatoms. The lowest BCUT2D eigenvalue weighted by Crippen LogP contribution is -2.40. The van der Waals surface area contributed by atoms with Crippen molar-refractivity contribution in [2.24, 2.45) is 5.73 Å². The summed E-state index contributed by atoms with van der Waals surface area (Å²) < 4.78 is 0. The van der Waals surface area contributed by atoms with Crippen molar-refractivity contribution in [1.29, 1.82) is 0 Å². The van der Waals surface area contributed by atoms with Crippen LogP contribution in [0.3, 0.4) is 0 Å². The summed E-state index contributed by atoms with van der Waals surface area (Å²) in [6.07, 6.45) is 0. The average Bonchev–Trinajstić information content (AvgIpc) is 2.50. The van der Waals surface area contributed by atoms with Crippen molar-refractivity contribution in [2.75, 3.05) is 19.3 Å². The number of rotatable bonds is 5. The summed E-state index contributed by atoms with van der Waals surface area (Å²) >= 11 is 1.57. The van der Waals surface area contributed by atoms with Gasteiger partial charge in [-0.05, 0) is 29.8 Å². The molecule has 0 saturated heterocycles. The van der Waals surface area contributed by atoms with E-state index >= 15 is 0 Å². The van der Waals surface area contributed by atoms with E-state index in [1.165, 1.54) is 10.8 Å². The minimum Gasteiger partial charge on any atom is -0.341 e. The van der Waals surface area contributed by atoms with Crippen LogP contribution in [0.1, 0.15) is 6.92 Å². The highest BCUT2D eigenvalue weighted by Crippen LogP contribution is 2.23. The Morgan fingerprint density at radius 3 is 2.57 bits per heavy atom. The maximum absolute atomic E-state index is 12.0. The lowest BCUT2D eigenvalue weighted by atomic mass is 10.1. The van der Waals surface area contributed by atoms with Crippen LogP contribution in [0.2, 0.25) is 0 Å². The van der Waals surface area contributed by atoms with Crippen LogP contribution in [0.25, 0.3) is 10.8 Å². The first-order valence-electron chi connectivity index (χ1n) is 6.69. The molecule has 0 heterocycles. The Bertz CT molecular complexity index is 606. The molecule has 0 aliphatic carbocycles. The van der Waals surface area contributed by atoms with Crippen molar-refractivity contribution >= 4 is 40.8 Å². The fraction of sp³-hybridized carbons (Fsp3) is 0.312. The van der Waals surface area contributed by atoms with Gasteiger partial charge in [0.1, 0.15) is 0 Å². The van der Waals surface area contributed by atoms with E-state index in [-0.39, 0.29) is 24.4 Å². The van der Waals surface area contributed by atoms with Gasteiger partial charge in [-0.2, -0.15) is 0 Å². The zero-order chi connectivity index (χ0) is 14.5. The van der Waals surface area contributed by atoms with Crippen molar-refractivity contribution in [3.63, 3.8) is 0 Å². The second-order valence-electron chi connectivity index (χ2n) is 4.89. The predicted octanol–water partition coefficient (Wildman–Crippen LogP) is 3.16. The largest absolute Gasteiger partial charge is 0.341 e. The summed E-state index contributed by atoms with van der Waals surface area (Å²) in [7, 11) is 1.81. The molecule has 1 atom stereocenters. The van der Waals surface area contributed by atoms with Gasteiger partial charge in [0.25, 0.3) is 0 Å². The summed E-state index contributed by atoms with van der Waals surface area (Å²) in [5.74, 6) is 0.556. The number of nitrogens with zero attached hydrogens (tertiary/aromatic N) is 1. The quantitative estimate of drug-likeness (QED) is 0.859. The number of thioether (sulfide) groups is 1. The topological polar surface area (TPSA) is 46.3 Å². The molecule has 0 fully saturated rings. The van der Waals surface area contributed by atoms with E-state index in [1.54, 1.807) is 23.7 Å². The number of nitrogens with two attached hydrogens (primary N) is 1. The smallest absolute Gasteiger partial charge is 0.232 e. The summed E-state index contributed by atoms with van der Waals surface area (Å²) in [6, 6.07) is 14.6. The number of hydrogen-bond donors (Lipinski definition) is 1. The molecule has 0 aliphatic rings. The van der Waals surface area contributed by atoms with E-state index in [1.807, 2.05) is 19.1 Å². The normalized spacial score (nSPS) is 11.8. The molecule has 0 aliphatic heterocycles. The number of hydrogen-bond acceptors (Lipinski definition) is 3. The van der Waals surface area contributed by atoms with E-state index in [4.69, 9.17) is 5.73 Å². The number of benzene rings is 2. The maximum Gasteiger partial charge on any atom is 0.232 e. The molecule has 0 radical (unpaired) electrons. The third-order valence-electron chi connectivity index (χ3n) is 3.48. The zero-order valence-electron chi connectivity index (χ0n) is 12.3. The van der Waals surface area contributed by atoms with Crippen LogP contribution in [-0.2, 0) is 4.79 Å². The lowest BCUT2D eigenvalue weighted by molar-refractivity contribution is -0.128. The highest BCUT2D eigenvalue weighted by Gasteiger charge is 2.14. The van der Waals surface area contributed by atoms with Crippen LogP contribution in [0, 0.1) is 0 Å². The number of halogens is 1. The Balaban J connectivity index is 0.00000220. The van der Waals surface area contributed by atoms with Crippen LogP contribution in [0.4, 0.5) is 0 Å². The Hall–Kier alpha value is -1.23. The van der Waals surface area contributed by atoms with Crippen molar-refractivity contribution in [1.82, 2.24) is 4.90 Å². The minimum atomic E-state index is 0. The molecular weight excluding hydrogens is 304 g/mol. The van der Waals surface area contributed by atoms with Gasteiger partial charge >= 0.3 is 0 Å². The molecule has 0 bridgehead atoms.